The minimum atomic E-state index is -0.326. The van der Waals surface area contributed by atoms with Crippen molar-refractivity contribution in [2.24, 2.45) is 0 Å². The summed E-state index contributed by atoms with van der Waals surface area (Å²) in [5, 5.41) is 13.6. The van der Waals surface area contributed by atoms with Crippen LogP contribution in [-0.2, 0) is 12.8 Å². The Morgan fingerprint density at radius 2 is 2.06 bits per heavy atom. The fraction of sp³-hybridized carbons (Fsp3) is 0.625. The van der Waals surface area contributed by atoms with Crippen molar-refractivity contribution >= 4 is 0 Å². The summed E-state index contributed by atoms with van der Waals surface area (Å²) in [5.74, 6) is 0. The van der Waals surface area contributed by atoms with Crippen LogP contribution in [0.1, 0.15) is 55.9 Å². The Hall–Kier alpha value is -0.860. The van der Waals surface area contributed by atoms with E-state index in [1.807, 2.05) is 0 Å². The van der Waals surface area contributed by atoms with Gasteiger partial charge in [0.2, 0.25) is 0 Å². The summed E-state index contributed by atoms with van der Waals surface area (Å²) in [6.45, 7) is 5.24. The van der Waals surface area contributed by atoms with E-state index >= 15 is 0 Å². The number of benzene rings is 1. The maximum absolute atomic E-state index is 10.2. The molecule has 2 N–H and O–H groups in total. The van der Waals surface area contributed by atoms with E-state index in [-0.39, 0.29) is 6.10 Å². The highest BCUT2D eigenvalue weighted by Gasteiger charge is 2.14. The second-order valence-electron chi connectivity index (χ2n) is 5.45. The Labute approximate surface area is 110 Å². The molecule has 2 atom stereocenters. The molecule has 0 aliphatic heterocycles. The highest BCUT2D eigenvalue weighted by Crippen LogP contribution is 2.26. The molecule has 1 aliphatic carbocycles. The lowest BCUT2D eigenvalue weighted by molar-refractivity contribution is 0.165. The van der Waals surface area contributed by atoms with Crippen molar-refractivity contribution < 1.29 is 5.11 Å². The van der Waals surface area contributed by atoms with Crippen molar-refractivity contribution in [3.8, 4) is 0 Å². The van der Waals surface area contributed by atoms with Gasteiger partial charge in [-0.25, -0.2) is 0 Å². The van der Waals surface area contributed by atoms with Gasteiger partial charge in [-0.05, 0) is 62.3 Å². The molecule has 2 nitrogen and oxygen atoms in total. The third kappa shape index (κ3) is 3.33. The van der Waals surface area contributed by atoms with Crippen LogP contribution >= 0.6 is 0 Å². The number of aryl methyl sites for hydroxylation is 2. The second kappa shape index (κ2) is 6.35. The first-order valence-corrected chi connectivity index (χ1v) is 7.24. The van der Waals surface area contributed by atoms with Crippen molar-refractivity contribution in [1.29, 1.82) is 0 Å². The Balaban J connectivity index is 1.87. The van der Waals surface area contributed by atoms with Crippen LogP contribution in [0.25, 0.3) is 0 Å². The predicted octanol–water partition coefficient (Wildman–Crippen LogP) is 2.99. The van der Waals surface area contributed by atoms with Crippen LogP contribution in [0.5, 0.6) is 0 Å². The molecule has 1 aromatic rings. The molecular formula is C16H25NO. The van der Waals surface area contributed by atoms with Gasteiger partial charge in [0.15, 0.2) is 0 Å². The Bertz CT molecular complexity index is 389. The number of fused-ring (bicyclic) bond motifs is 1. The number of hydrogen-bond donors (Lipinski definition) is 2. The zero-order valence-corrected chi connectivity index (χ0v) is 11.6. The number of rotatable bonds is 6. The van der Waals surface area contributed by atoms with E-state index in [1.54, 1.807) is 0 Å². The van der Waals surface area contributed by atoms with Gasteiger partial charge in [-0.15, -0.1) is 0 Å². The van der Waals surface area contributed by atoms with E-state index in [1.165, 1.54) is 30.4 Å². The average molecular weight is 247 g/mol. The molecule has 18 heavy (non-hydrogen) atoms. The van der Waals surface area contributed by atoms with Gasteiger partial charge in [-0.2, -0.15) is 0 Å². The quantitative estimate of drug-likeness (QED) is 0.810. The fourth-order valence-electron chi connectivity index (χ4n) is 2.58. The third-order valence-corrected chi connectivity index (χ3v) is 4.03. The number of nitrogens with one attached hydrogen (secondary N) is 1. The zero-order chi connectivity index (χ0) is 13.0. The monoisotopic (exact) mass is 247 g/mol. The highest BCUT2D eigenvalue weighted by molar-refractivity contribution is 5.36. The van der Waals surface area contributed by atoms with E-state index in [0.717, 1.165) is 24.9 Å². The normalized spacial score (nSPS) is 17.5. The van der Waals surface area contributed by atoms with Gasteiger partial charge in [0.1, 0.15) is 0 Å². The van der Waals surface area contributed by atoms with Crippen molar-refractivity contribution in [1.82, 2.24) is 5.32 Å². The molecule has 0 radical (unpaired) electrons. The minimum Gasteiger partial charge on any atom is -0.388 e. The molecule has 2 unspecified atom stereocenters. The molecule has 1 aliphatic rings. The molecule has 0 spiro atoms. The van der Waals surface area contributed by atoms with Gasteiger partial charge in [0.25, 0.3) is 0 Å². The van der Waals surface area contributed by atoms with Gasteiger partial charge in [-0.1, -0.05) is 25.1 Å². The topological polar surface area (TPSA) is 32.3 Å². The third-order valence-electron chi connectivity index (χ3n) is 4.03. The van der Waals surface area contributed by atoms with Crippen molar-refractivity contribution in [2.75, 3.05) is 6.54 Å². The lowest BCUT2D eigenvalue weighted by Gasteiger charge is -2.15. The summed E-state index contributed by atoms with van der Waals surface area (Å²) in [7, 11) is 0. The molecule has 0 saturated heterocycles. The van der Waals surface area contributed by atoms with E-state index in [2.05, 4.69) is 37.4 Å². The molecule has 0 heterocycles. The van der Waals surface area contributed by atoms with E-state index in [0.29, 0.717) is 6.04 Å². The summed E-state index contributed by atoms with van der Waals surface area (Å²) < 4.78 is 0. The van der Waals surface area contributed by atoms with E-state index in [9.17, 15) is 5.11 Å². The first-order chi connectivity index (χ1) is 8.70. The molecule has 0 bridgehead atoms. The molecular weight excluding hydrogens is 222 g/mol. The van der Waals surface area contributed by atoms with Gasteiger partial charge >= 0.3 is 0 Å². The molecule has 0 amide bonds. The van der Waals surface area contributed by atoms with Crippen LogP contribution in [0, 0.1) is 0 Å². The number of aliphatic hydroxyl groups is 1. The summed E-state index contributed by atoms with van der Waals surface area (Å²) in [6.07, 6.45) is 5.26. The fourth-order valence-corrected chi connectivity index (χ4v) is 2.58. The van der Waals surface area contributed by atoms with E-state index in [4.69, 9.17) is 0 Å². The maximum Gasteiger partial charge on any atom is 0.0802 e. The highest BCUT2D eigenvalue weighted by atomic mass is 16.3. The van der Waals surface area contributed by atoms with E-state index < -0.39 is 0 Å². The minimum absolute atomic E-state index is 0.326. The second-order valence-corrected chi connectivity index (χ2v) is 5.45. The van der Waals surface area contributed by atoms with Crippen LogP contribution in [0.2, 0.25) is 0 Å². The van der Waals surface area contributed by atoms with Gasteiger partial charge in [-0.3, -0.25) is 0 Å². The molecule has 2 rings (SSSR count). The maximum atomic E-state index is 10.2. The Kier molecular flexibility index (Phi) is 4.79. The summed E-state index contributed by atoms with van der Waals surface area (Å²) in [4.78, 5) is 0. The lowest BCUT2D eigenvalue weighted by Crippen LogP contribution is -2.27. The van der Waals surface area contributed by atoms with Gasteiger partial charge in [0.05, 0.1) is 6.10 Å². The first kappa shape index (κ1) is 13.6. The standard InChI is InChI=1S/C16H25NO/c1-3-12(2)17-10-9-16(18)15-8-7-13-5-4-6-14(13)11-15/h7-8,11-12,16-18H,3-6,9-10H2,1-2H3. The first-order valence-electron chi connectivity index (χ1n) is 7.24. The zero-order valence-electron chi connectivity index (χ0n) is 11.6. The summed E-state index contributed by atoms with van der Waals surface area (Å²) in [6, 6.07) is 7.04. The Morgan fingerprint density at radius 3 is 2.83 bits per heavy atom. The average Bonchev–Trinajstić information content (AvgIpc) is 2.85. The van der Waals surface area contributed by atoms with Crippen LogP contribution in [0.15, 0.2) is 18.2 Å². The van der Waals surface area contributed by atoms with Crippen molar-refractivity contribution in [2.45, 2.75) is 58.1 Å². The molecule has 0 saturated carbocycles. The van der Waals surface area contributed by atoms with Crippen molar-refractivity contribution in [3.63, 3.8) is 0 Å². The van der Waals surface area contributed by atoms with Crippen LogP contribution in [0.3, 0.4) is 0 Å². The predicted molar refractivity (Wildman–Crippen MR) is 75.8 cm³/mol. The molecule has 2 heteroatoms. The summed E-state index contributed by atoms with van der Waals surface area (Å²) >= 11 is 0. The number of hydrogen-bond acceptors (Lipinski definition) is 2. The lowest BCUT2D eigenvalue weighted by atomic mass is 10.0. The molecule has 0 fully saturated rings. The van der Waals surface area contributed by atoms with Gasteiger partial charge < -0.3 is 10.4 Å². The molecule has 100 valence electrons. The van der Waals surface area contributed by atoms with Gasteiger partial charge in [0, 0.05) is 6.04 Å². The largest absolute Gasteiger partial charge is 0.388 e. The smallest absolute Gasteiger partial charge is 0.0802 e. The molecule has 1 aromatic carbocycles. The van der Waals surface area contributed by atoms with Crippen molar-refractivity contribution in [3.05, 3.63) is 34.9 Å². The molecule has 0 aromatic heterocycles. The summed E-state index contributed by atoms with van der Waals surface area (Å²) in [5.41, 5.74) is 4.01. The SMILES string of the molecule is CCC(C)NCCC(O)c1ccc2c(c1)CCC2. The number of aliphatic hydroxyl groups excluding tert-OH is 1. The Morgan fingerprint density at radius 1 is 1.28 bits per heavy atom. The van der Waals surface area contributed by atoms with Crippen LogP contribution in [-0.4, -0.2) is 17.7 Å². The van der Waals surface area contributed by atoms with Crippen LogP contribution in [0.4, 0.5) is 0 Å². The van der Waals surface area contributed by atoms with Crippen LogP contribution < -0.4 is 5.32 Å².